The van der Waals surface area contributed by atoms with Crippen LogP contribution in [0.5, 0.6) is 17.2 Å². The molecule has 0 radical (unpaired) electrons. The van der Waals surface area contributed by atoms with Gasteiger partial charge in [0, 0.05) is 23.0 Å². The van der Waals surface area contributed by atoms with Crippen LogP contribution in [0.15, 0.2) is 54.6 Å². The Morgan fingerprint density at radius 2 is 1.64 bits per heavy atom. The first-order chi connectivity index (χ1) is 13.5. The predicted octanol–water partition coefficient (Wildman–Crippen LogP) is 5.63. The van der Waals surface area contributed by atoms with Crippen molar-refractivity contribution in [2.24, 2.45) is 0 Å². The van der Waals surface area contributed by atoms with Crippen molar-refractivity contribution in [3.63, 3.8) is 0 Å². The van der Waals surface area contributed by atoms with Crippen LogP contribution in [0.3, 0.4) is 0 Å². The normalized spacial score (nSPS) is 18.3. The van der Waals surface area contributed by atoms with E-state index >= 15 is 0 Å². The van der Waals surface area contributed by atoms with Gasteiger partial charge in [0.15, 0.2) is 0 Å². The van der Waals surface area contributed by atoms with Crippen LogP contribution in [0.25, 0.3) is 0 Å². The molecule has 0 saturated carbocycles. The van der Waals surface area contributed by atoms with Crippen molar-refractivity contribution < 1.29 is 14.6 Å². The summed E-state index contributed by atoms with van der Waals surface area (Å²) in [7, 11) is 1.70. The van der Waals surface area contributed by atoms with Crippen molar-refractivity contribution in [3.8, 4) is 17.2 Å². The molecule has 0 spiro atoms. The van der Waals surface area contributed by atoms with Gasteiger partial charge in [-0.15, -0.1) is 0 Å². The van der Waals surface area contributed by atoms with Crippen molar-refractivity contribution in [2.45, 2.75) is 32.6 Å². The highest BCUT2D eigenvalue weighted by Gasteiger charge is 2.35. The largest absolute Gasteiger partial charge is 0.508 e. The summed E-state index contributed by atoms with van der Waals surface area (Å²) in [6.45, 7) is 6.67. The molecule has 0 fully saturated rings. The fraction of sp³-hybridized carbons (Fsp3) is 0.280. The summed E-state index contributed by atoms with van der Waals surface area (Å²) in [5, 5.41) is 10.2. The number of benzene rings is 3. The molecule has 28 heavy (non-hydrogen) atoms. The third-order valence-electron chi connectivity index (χ3n) is 5.84. The van der Waals surface area contributed by atoms with E-state index in [4.69, 9.17) is 9.47 Å². The van der Waals surface area contributed by atoms with Crippen LogP contribution in [0, 0.1) is 20.8 Å². The molecule has 1 heterocycles. The average molecular weight is 374 g/mol. The molecule has 1 aliphatic rings. The number of hydrogen-bond donors (Lipinski definition) is 1. The van der Waals surface area contributed by atoms with Gasteiger partial charge in [-0.1, -0.05) is 48.0 Å². The fourth-order valence-corrected chi connectivity index (χ4v) is 4.23. The summed E-state index contributed by atoms with van der Waals surface area (Å²) < 4.78 is 11.6. The minimum absolute atomic E-state index is 0.148. The maximum absolute atomic E-state index is 10.2. The number of hydrogen-bond acceptors (Lipinski definition) is 3. The van der Waals surface area contributed by atoms with Crippen LogP contribution in [0.1, 0.15) is 45.2 Å². The lowest BCUT2D eigenvalue weighted by molar-refractivity contribution is 0.245. The highest BCUT2D eigenvalue weighted by atomic mass is 16.5. The van der Waals surface area contributed by atoms with Crippen LogP contribution in [-0.2, 0) is 0 Å². The van der Waals surface area contributed by atoms with Crippen LogP contribution < -0.4 is 9.47 Å². The molecule has 3 heteroatoms. The van der Waals surface area contributed by atoms with Crippen molar-refractivity contribution in [2.75, 3.05) is 13.7 Å². The van der Waals surface area contributed by atoms with E-state index in [1.807, 2.05) is 19.1 Å². The smallest absolute Gasteiger partial charge is 0.129 e. The Morgan fingerprint density at radius 1 is 0.929 bits per heavy atom. The van der Waals surface area contributed by atoms with Crippen molar-refractivity contribution in [1.29, 1.82) is 0 Å². The number of rotatable bonds is 3. The molecule has 0 aromatic heterocycles. The molecule has 1 aliphatic heterocycles. The molecular formula is C25H26O3. The standard InChI is InChI=1S/C25H26O3/c1-15-5-7-18(8-6-15)21-14-28-25-17(3)22(26)11-10-20(25)24(21)19-9-12-23(27-4)16(2)13-19/h5-13,21,24,26H,14H2,1-4H3/t21-,24-/m1/s1. The quantitative estimate of drug-likeness (QED) is 0.645. The number of ether oxygens (including phenoxy) is 2. The second-order valence-corrected chi connectivity index (χ2v) is 7.66. The molecule has 144 valence electrons. The zero-order chi connectivity index (χ0) is 19.8. The highest BCUT2D eigenvalue weighted by Crippen LogP contribution is 2.49. The second kappa shape index (κ2) is 7.23. The summed E-state index contributed by atoms with van der Waals surface area (Å²) in [6.07, 6.45) is 0. The topological polar surface area (TPSA) is 38.7 Å². The van der Waals surface area contributed by atoms with Gasteiger partial charge < -0.3 is 14.6 Å². The van der Waals surface area contributed by atoms with Crippen molar-refractivity contribution in [1.82, 2.24) is 0 Å². The Hall–Kier alpha value is -2.94. The van der Waals surface area contributed by atoms with Gasteiger partial charge in [-0.2, -0.15) is 0 Å². The van der Waals surface area contributed by atoms with E-state index in [9.17, 15) is 5.11 Å². The van der Waals surface area contributed by atoms with E-state index in [0.29, 0.717) is 6.61 Å². The number of aryl methyl sites for hydroxylation is 2. The lowest BCUT2D eigenvalue weighted by Crippen LogP contribution is -2.26. The minimum Gasteiger partial charge on any atom is -0.508 e. The summed E-state index contributed by atoms with van der Waals surface area (Å²) in [6, 6.07) is 18.9. The van der Waals surface area contributed by atoms with E-state index < -0.39 is 0 Å². The van der Waals surface area contributed by atoms with Crippen molar-refractivity contribution in [3.05, 3.63) is 88.0 Å². The maximum atomic E-state index is 10.2. The molecule has 0 unspecified atom stereocenters. The van der Waals surface area contributed by atoms with E-state index in [1.54, 1.807) is 13.2 Å². The molecule has 2 atom stereocenters. The molecule has 0 bridgehead atoms. The molecule has 0 aliphatic carbocycles. The van der Waals surface area contributed by atoms with Crippen LogP contribution in [0.4, 0.5) is 0 Å². The van der Waals surface area contributed by atoms with Gasteiger partial charge in [0.05, 0.1) is 13.7 Å². The summed E-state index contributed by atoms with van der Waals surface area (Å²) >= 11 is 0. The van der Waals surface area contributed by atoms with Gasteiger partial charge in [0.1, 0.15) is 17.2 Å². The van der Waals surface area contributed by atoms with Gasteiger partial charge in [0.2, 0.25) is 0 Å². The number of phenolic OH excluding ortho intramolecular Hbond substituents is 1. The van der Waals surface area contributed by atoms with E-state index in [2.05, 4.69) is 50.2 Å². The Labute approximate surface area is 166 Å². The molecule has 0 amide bonds. The molecule has 0 saturated heterocycles. The lowest BCUT2D eigenvalue weighted by atomic mass is 9.75. The Balaban J connectivity index is 1.88. The van der Waals surface area contributed by atoms with E-state index in [1.165, 1.54) is 16.7 Å². The first-order valence-electron chi connectivity index (χ1n) is 9.66. The minimum atomic E-state index is 0.148. The van der Waals surface area contributed by atoms with E-state index in [0.717, 1.165) is 28.2 Å². The maximum Gasteiger partial charge on any atom is 0.129 e. The lowest BCUT2D eigenvalue weighted by Gasteiger charge is -2.35. The number of methoxy groups -OCH3 is 1. The van der Waals surface area contributed by atoms with Crippen LogP contribution in [0.2, 0.25) is 0 Å². The zero-order valence-corrected chi connectivity index (χ0v) is 16.8. The van der Waals surface area contributed by atoms with Gasteiger partial charge in [0.25, 0.3) is 0 Å². The highest BCUT2D eigenvalue weighted by molar-refractivity contribution is 5.56. The zero-order valence-electron chi connectivity index (χ0n) is 16.8. The average Bonchev–Trinajstić information content (AvgIpc) is 2.70. The van der Waals surface area contributed by atoms with E-state index in [-0.39, 0.29) is 17.6 Å². The summed E-state index contributed by atoms with van der Waals surface area (Å²) in [4.78, 5) is 0. The fourth-order valence-electron chi connectivity index (χ4n) is 4.23. The van der Waals surface area contributed by atoms with Gasteiger partial charge in [-0.25, -0.2) is 0 Å². The van der Waals surface area contributed by atoms with Gasteiger partial charge >= 0.3 is 0 Å². The number of fused-ring (bicyclic) bond motifs is 1. The first-order valence-corrected chi connectivity index (χ1v) is 9.66. The molecule has 4 rings (SSSR count). The summed E-state index contributed by atoms with van der Waals surface area (Å²) in [5.74, 6) is 2.32. The number of phenols is 1. The Kier molecular flexibility index (Phi) is 4.76. The second-order valence-electron chi connectivity index (χ2n) is 7.66. The molecule has 3 aromatic carbocycles. The number of aromatic hydroxyl groups is 1. The molecule has 1 N–H and O–H groups in total. The first kappa shape index (κ1) is 18.4. The Bertz CT molecular complexity index is 1010. The molecular weight excluding hydrogens is 348 g/mol. The SMILES string of the molecule is COc1ccc([C@@H]2c3ccc(O)c(C)c3OC[C@@H]2c2ccc(C)cc2)cc1C. The van der Waals surface area contributed by atoms with Crippen molar-refractivity contribution >= 4 is 0 Å². The summed E-state index contributed by atoms with van der Waals surface area (Å²) in [5.41, 5.74) is 6.79. The van der Waals surface area contributed by atoms with Gasteiger partial charge in [-0.05, 0) is 49.6 Å². The molecule has 3 aromatic rings. The third kappa shape index (κ3) is 3.11. The predicted molar refractivity (Wildman–Crippen MR) is 112 cm³/mol. The molecule has 3 nitrogen and oxygen atoms in total. The monoisotopic (exact) mass is 374 g/mol. The third-order valence-corrected chi connectivity index (χ3v) is 5.84. The van der Waals surface area contributed by atoms with Gasteiger partial charge in [-0.3, -0.25) is 0 Å². The Morgan fingerprint density at radius 3 is 2.32 bits per heavy atom. The van der Waals surface area contributed by atoms with Crippen LogP contribution in [-0.4, -0.2) is 18.8 Å². The van der Waals surface area contributed by atoms with Crippen LogP contribution >= 0.6 is 0 Å².